The molecule has 0 aliphatic rings. The Kier molecular flexibility index (Phi) is 12.9. The van der Waals surface area contributed by atoms with Crippen LogP contribution in [0, 0.1) is 20.2 Å². The fourth-order valence-electron chi connectivity index (χ4n) is 3.76. The summed E-state index contributed by atoms with van der Waals surface area (Å²) in [4.78, 5) is 33.7. The van der Waals surface area contributed by atoms with E-state index in [1.54, 1.807) is 0 Å². The number of phosphoric acid groups is 1. The van der Waals surface area contributed by atoms with Gasteiger partial charge in [-0.05, 0) is 36.0 Å². The van der Waals surface area contributed by atoms with Crippen molar-refractivity contribution < 1.29 is 42.3 Å². The number of nitro benzene ring substituents is 2. The van der Waals surface area contributed by atoms with Crippen molar-refractivity contribution in [2.75, 3.05) is 32.3 Å². The highest BCUT2D eigenvalue weighted by molar-refractivity contribution is 9.09. The Labute approximate surface area is 256 Å². The van der Waals surface area contributed by atoms with Gasteiger partial charge in [0.2, 0.25) is 0 Å². The molecule has 0 N–H and O–H groups in total. The van der Waals surface area contributed by atoms with Crippen LogP contribution < -0.4 is 0 Å². The zero-order valence-electron chi connectivity index (χ0n) is 23.2. The molecule has 0 aliphatic carbocycles. The second kappa shape index (κ2) is 16.4. The van der Waals surface area contributed by atoms with E-state index in [0.29, 0.717) is 17.5 Å². The van der Waals surface area contributed by atoms with E-state index in [1.807, 2.05) is 30.3 Å². The summed E-state index contributed by atoms with van der Waals surface area (Å²) in [5, 5.41) is 21.6. The average Bonchev–Trinajstić information content (AvgIpc) is 3.01. The normalized spacial score (nSPS) is 12.8. The number of rotatable bonds is 18. The first-order chi connectivity index (χ1) is 20.6. The highest BCUT2D eigenvalue weighted by Gasteiger charge is 2.49. The van der Waals surface area contributed by atoms with Crippen LogP contribution in [-0.4, -0.2) is 53.9 Å². The molecule has 3 aromatic carbocycles. The van der Waals surface area contributed by atoms with Gasteiger partial charge < -0.3 is 9.47 Å². The topological polar surface area (TPSA) is 167 Å². The van der Waals surface area contributed by atoms with Crippen LogP contribution in [0.15, 0.2) is 78.9 Å². The number of non-ortho nitro benzene ring substituents is 2. The van der Waals surface area contributed by atoms with Crippen LogP contribution in [0.1, 0.15) is 16.7 Å². The largest absolute Gasteiger partial charge is 0.477 e. The van der Waals surface area contributed by atoms with Crippen molar-refractivity contribution in [3.05, 3.63) is 116 Å². The molecule has 43 heavy (non-hydrogen) atoms. The van der Waals surface area contributed by atoms with Gasteiger partial charge in [0.1, 0.15) is 0 Å². The minimum atomic E-state index is -4.53. The van der Waals surface area contributed by atoms with Crippen molar-refractivity contribution in [2.24, 2.45) is 0 Å². The number of nitrogens with zero attached hydrogens (tertiary/aromatic N) is 2. The van der Waals surface area contributed by atoms with Crippen LogP contribution in [0.5, 0.6) is 0 Å². The summed E-state index contributed by atoms with van der Waals surface area (Å²) >= 11 is 3.21. The van der Waals surface area contributed by atoms with Gasteiger partial charge >= 0.3 is 13.8 Å². The van der Waals surface area contributed by atoms with Crippen molar-refractivity contribution in [1.82, 2.24) is 0 Å². The maximum atomic E-state index is 14.0. The van der Waals surface area contributed by atoms with E-state index < -0.39 is 29.4 Å². The fourth-order valence-corrected chi connectivity index (χ4v) is 5.81. The standard InChI is InChI=1S/C28H30BrN2O11P/c1-38-27(32)28(21-29,39-18-15-22-5-3-2-4-6-22)42-43(37,40-19-16-23-7-11-25(12-8-23)30(33)34)41-20-17-24-9-13-26(14-10-24)31(35)36/h2-14H,15-21H2,1H3. The first-order valence-electron chi connectivity index (χ1n) is 13.0. The van der Waals surface area contributed by atoms with Gasteiger partial charge in [-0.15, -0.1) is 0 Å². The number of halogens is 1. The number of esters is 1. The van der Waals surface area contributed by atoms with Crippen molar-refractivity contribution in [3.8, 4) is 0 Å². The van der Waals surface area contributed by atoms with Gasteiger partial charge in [-0.2, -0.15) is 0 Å². The van der Waals surface area contributed by atoms with Crippen LogP contribution >= 0.6 is 23.8 Å². The number of benzene rings is 3. The molecular weight excluding hydrogens is 651 g/mol. The first-order valence-corrected chi connectivity index (χ1v) is 15.6. The SMILES string of the molecule is COC(=O)C(CBr)(OCCc1ccccc1)OP(=O)(OCCc1ccc([N+](=O)[O-])cc1)OCCc1ccc([N+](=O)[O-])cc1. The van der Waals surface area contributed by atoms with E-state index in [1.165, 1.54) is 48.5 Å². The Morgan fingerprint density at radius 2 is 1.21 bits per heavy atom. The summed E-state index contributed by atoms with van der Waals surface area (Å²) in [7, 11) is -3.41. The van der Waals surface area contributed by atoms with E-state index in [4.69, 9.17) is 23.0 Å². The van der Waals surface area contributed by atoms with Gasteiger partial charge in [-0.25, -0.2) is 13.9 Å². The average molecular weight is 681 g/mol. The molecule has 0 amide bonds. The molecule has 15 heteroatoms. The third-order valence-corrected chi connectivity index (χ3v) is 8.33. The second-order valence-corrected chi connectivity index (χ2v) is 11.2. The molecule has 3 aromatic rings. The lowest BCUT2D eigenvalue weighted by Gasteiger charge is -2.32. The molecule has 0 spiro atoms. The summed E-state index contributed by atoms with van der Waals surface area (Å²) in [5.74, 6) is -3.17. The maximum Gasteiger partial charge on any atom is 0.477 e. The van der Waals surface area contributed by atoms with E-state index in [9.17, 15) is 29.6 Å². The summed E-state index contributed by atoms with van der Waals surface area (Å²) < 4.78 is 41.6. The fraction of sp³-hybridized carbons (Fsp3) is 0.321. The lowest BCUT2D eigenvalue weighted by molar-refractivity contribution is -0.385. The summed E-state index contributed by atoms with van der Waals surface area (Å²) in [6, 6.07) is 20.8. The second-order valence-electron chi connectivity index (χ2n) is 9.01. The van der Waals surface area contributed by atoms with Crippen molar-refractivity contribution in [2.45, 2.75) is 25.0 Å². The number of carbonyl (C=O) groups excluding carboxylic acids is 1. The number of phosphoric ester groups is 1. The van der Waals surface area contributed by atoms with E-state index in [-0.39, 0.29) is 49.4 Å². The van der Waals surface area contributed by atoms with Gasteiger partial charge in [0, 0.05) is 24.3 Å². The van der Waals surface area contributed by atoms with Crippen LogP contribution in [0.4, 0.5) is 11.4 Å². The third-order valence-electron chi connectivity index (χ3n) is 6.07. The Balaban J connectivity index is 1.76. The summed E-state index contributed by atoms with van der Waals surface area (Å²) in [6.45, 7) is -0.400. The molecule has 0 bridgehead atoms. The molecular formula is C28H30BrN2O11P. The minimum absolute atomic E-state index is 0.00367. The highest BCUT2D eigenvalue weighted by Crippen LogP contribution is 2.53. The molecule has 0 aliphatic heterocycles. The Hall–Kier alpha value is -3.52. The summed E-state index contributed by atoms with van der Waals surface area (Å²) in [5.41, 5.74) is 2.07. The smallest absolute Gasteiger partial charge is 0.465 e. The molecule has 0 aromatic heterocycles. The molecule has 0 saturated heterocycles. The molecule has 3 rings (SSSR count). The number of alkyl halides is 1. The van der Waals surface area contributed by atoms with E-state index in [2.05, 4.69) is 15.9 Å². The molecule has 0 radical (unpaired) electrons. The maximum absolute atomic E-state index is 14.0. The molecule has 1 atom stereocenters. The van der Waals surface area contributed by atoms with Gasteiger partial charge in [0.25, 0.3) is 17.2 Å². The molecule has 0 fully saturated rings. The molecule has 230 valence electrons. The number of carbonyl (C=O) groups is 1. The Morgan fingerprint density at radius 3 is 1.63 bits per heavy atom. The lowest BCUT2D eigenvalue weighted by atomic mass is 10.1. The van der Waals surface area contributed by atoms with Gasteiger partial charge in [0.05, 0.1) is 42.1 Å². The number of ether oxygens (including phenoxy) is 2. The highest BCUT2D eigenvalue weighted by atomic mass is 79.9. The van der Waals surface area contributed by atoms with E-state index in [0.717, 1.165) is 12.7 Å². The van der Waals surface area contributed by atoms with Crippen molar-refractivity contribution in [3.63, 3.8) is 0 Å². The number of nitro groups is 2. The monoisotopic (exact) mass is 680 g/mol. The van der Waals surface area contributed by atoms with Gasteiger partial charge in [0.15, 0.2) is 0 Å². The van der Waals surface area contributed by atoms with Crippen LogP contribution in [0.25, 0.3) is 0 Å². The molecule has 13 nitrogen and oxygen atoms in total. The van der Waals surface area contributed by atoms with Gasteiger partial charge in [-0.3, -0.25) is 29.3 Å². The quantitative estimate of drug-likeness (QED) is 0.0388. The van der Waals surface area contributed by atoms with Crippen molar-refractivity contribution >= 4 is 41.1 Å². The minimum Gasteiger partial charge on any atom is -0.465 e. The number of methoxy groups -OCH3 is 1. The Bertz CT molecular complexity index is 1340. The molecule has 0 heterocycles. The van der Waals surface area contributed by atoms with Crippen LogP contribution in [-0.2, 0) is 51.7 Å². The number of hydrogen-bond acceptors (Lipinski definition) is 11. The Morgan fingerprint density at radius 1 is 0.767 bits per heavy atom. The number of hydrogen-bond donors (Lipinski definition) is 0. The molecule has 1 unspecified atom stereocenters. The predicted molar refractivity (Wildman–Crippen MR) is 159 cm³/mol. The molecule has 0 saturated carbocycles. The first kappa shape index (κ1) is 34.0. The van der Waals surface area contributed by atoms with Crippen LogP contribution in [0.3, 0.4) is 0 Å². The zero-order chi connectivity index (χ0) is 31.3. The van der Waals surface area contributed by atoms with Crippen LogP contribution in [0.2, 0.25) is 0 Å². The third kappa shape index (κ3) is 10.3. The zero-order valence-corrected chi connectivity index (χ0v) is 25.6. The van der Waals surface area contributed by atoms with Crippen molar-refractivity contribution in [1.29, 1.82) is 0 Å². The van der Waals surface area contributed by atoms with Gasteiger partial charge in [-0.1, -0.05) is 70.5 Å². The predicted octanol–water partition coefficient (Wildman–Crippen LogP) is 5.97. The summed E-state index contributed by atoms with van der Waals surface area (Å²) in [6.07, 6.45) is 0.777. The van der Waals surface area contributed by atoms with E-state index >= 15 is 0 Å². The lowest BCUT2D eigenvalue weighted by Crippen LogP contribution is -2.47.